The molecule has 3 aromatic carbocycles. The monoisotopic (exact) mass is 376 g/mol. The van der Waals surface area contributed by atoms with E-state index in [1.807, 2.05) is 0 Å². The molecule has 0 fully saturated rings. The number of hydrogen-bond donors (Lipinski definition) is 0. The van der Waals surface area contributed by atoms with Crippen molar-refractivity contribution in [3.05, 3.63) is 129 Å². The molecule has 0 nitrogen and oxygen atoms in total. The summed E-state index contributed by atoms with van der Waals surface area (Å²) in [4.78, 5) is 0. The Morgan fingerprint density at radius 1 is 0.643 bits per heavy atom. The first-order chi connectivity index (χ1) is 13.7. The molecule has 0 unspecified atom stereocenters. The minimum Gasteiger partial charge on any atom is -0.0646 e. The van der Waals surface area contributed by atoms with E-state index in [1.54, 1.807) is 11.1 Å². The van der Waals surface area contributed by atoms with Gasteiger partial charge in [-0.25, -0.2) is 0 Å². The Morgan fingerprint density at radius 3 is 2.07 bits per heavy atom. The molecule has 2 aliphatic rings. The van der Waals surface area contributed by atoms with Crippen LogP contribution in [0.2, 0.25) is 0 Å². The lowest BCUT2D eigenvalue weighted by atomic mass is 9.98. The highest BCUT2D eigenvalue weighted by Crippen LogP contribution is 2.45. The summed E-state index contributed by atoms with van der Waals surface area (Å²) in [5.74, 6) is 0. The Morgan fingerprint density at radius 2 is 1.29 bits per heavy atom. The molecule has 5 rings (SSSR count). The maximum atomic E-state index is 2.36. The SMILES string of the molecule is CC1=Cc2ccccc2[C]1[SiH2][C]1C(C)=C(Cc2ccccc2)c2ccccc21. The van der Waals surface area contributed by atoms with Crippen LogP contribution in [0.15, 0.2) is 90.0 Å². The molecule has 0 heterocycles. The third-order valence-corrected chi connectivity index (χ3v) is 8.75. The van der Waals surface area contributed by atoms with Crippen LogP contribution in [0.25, 0.3) is 11.6 Å². The van der Waals surface area contributed by atoms with Crippen molar-refractivity contribution >= 4 is 21.2 Å². The van der Waals surface area contributed by atoms with Crippen LogP contribution >= 0.6 is 0 Å². The summed E-state index contributed by atoms with van der Waals surface area (Å²) in [6.07, 6.45) is 3.38. The van der Waals surface area contributed by atoms with Crippen molar-refractivity contribution in [2.75, 3.05) is 0 Å². The maximum absolute atomic E-state index is 2.36. The summed E-state index contributed by atoms with van der Waals surface area (Å²) in [7, 11) is -0.562. The fraction of sp³-hybridized carbons (Fsp3) is 0.111. The lowest BCUT2D eigenvalue weighted by Crippen LogP contribution is -2.18. The van der Waals surface area contributed by atoms with E-state index in [0.29, 0.717) is 0 Å². The zero-order valence-electron chi connectivity index (χ0n) is 16.5. The van der Waals surface area contributed by atoms with Gasteiger partial charge in [0.15, 0.2) is 0 Å². The molecule has 136 valence electrons. The van der Waals surface area contributed by atoms with E-state index in [9.17, 15) is 0 Å². The second kappa shape index (κ2) is 7.07. The topological polar surface area (TPSA) is 0 Å². The number of hydrogen-bond acceptors (Lipinski definition) is 0. The highest BCUT2D eigenvalue weighted by molar-refractivity contribution is 6.56. The van der Waals surface area contributed by atoms with Gasteiger partial charge in [0.1, 0.15) is 0 Å². The molecule has 0 saturated heterocycles. The predicted octanol–water partition coefficient (Wildman–Crippen LogP) is 5.76. The fourth-order valence-electron chi connectivity index (χ4n) is 4.69. The number of fused-ring (bicyclic) bond motifs is 2. The minimum absolute atomic E-state index is 0.562. The van der Waals surface area contributed by atoms with Gasteiger partial charge < -0.3 is 0 Å². The Kier molecular flexibility index (Phi) is 4.41. The summed E-state index contributed by atoms with van der Waals surface area (Å²) >= 11 is 0. The third-order valence-electron chi connectivity index (χ3n) is 6.19. The van der Waals surface area contributed by atoms with Crippen LogP contribution in [0.3, 0.4) is 0 Å². The number of allylic oxidation sites excluding steroid dienone is 3. The molecule has 0 spiro atoms. The van der Waals surface area contributed by atoms with Gasteiger partial charge in [-0.15, -0.1) is 0 Å². The van der Waals surface area contributed by atoms with Crippen molar-refractivity contribution in [3.63, 3.8) is 0 Å². The molecule has 28 heavy (non-hydrogen) atoms. The molecule has 0 saturated carbocycles. The van der Waals surface area contributed by atoms with Gasteiger partial charge in [-0.1, -0.05) is 96.1 Å². The van der Waals surface area contributed by atoms with Crippen LogP contribution in [0.5, 0.6) is 0 Å². The molecule has 2 aliphatic carbocycles. The van der Waals surface area contributed by atoms with E-state index < -0.39 is 9.52 Å². The van der Waals surface area contributed by atoms with Crippen molar-refractivity contribution in [2.24, 2.45) is 0 Å². The summed E-state index contributed by atoms with van der Waals surface area (Å²) in [6, 6.07) is 28.8. The van der Waals surface area contributed by atoms with Crippen LogP contribution in [0, 0.1) is 11.1 Å². The normalized spacial score (nSPS) is 16.7. The maximum Gasteiger partial charge on any atom is 0.0574 e. The largest absolute Gasteiger partial charge is 0.0646 e. The van der Waals surface area contributed by atoms with Crippen LogP contribution < -0.4 is 0 Å². The lowest BCUT2D eigenvalue weighted by Gasteiger charge is -2.20. The lowest BCUT2D eigenvalue weighted by molar-refractivity contribution is 1.26. The van der Waals surface area contributed by atoms with E-state index in [1.165, 1.54) is 44.5 Å². The van der Waals surface area contributed by atoms with Gasteiger partial charge in [-0.3, -0.25) is 0 Å². The van der Waals surface area contributed by atoms with Crippen molar-refractivity contribution < 1.29 is 0 Å². The predicted molar refractivity (Wildman–Crippen MR) is 123 cm³/mol. The first-order valence-corrected chi connectivity index (χ1v) is 11.5. The summed E-state index contributed by atoms with van der Waals surface area (Å²) in [5, 5.41) is 0. The standard InChI is InChI=1S/C27H24Si/c1-18-16-21-12-6-7-13-22(21)26(18)28-27-19(2)25(17-20-10-4-3-5-11-20)23-14-8-9-15-24(23)27/h3-16H,17,28H2,1-2H3. The van der Waals surface area contributed by atoms with Crippen molar-refractivity contribution in [1.82, 2.24) is 0 Å². The average Bonchev–Trinajstić information content (AvgIpc) is 3.18. The van der Waals surface area contributed by atoms with E-state index in [4.69, 9.17) is 0 Å². The zero-order chi connectivity index (χ0) is 19.1. The highest BCUT2D eigenvalue weighted by atomic mass is 28.2. The van der Waals surface area contributed by atoms with Crippen LogP contribution in [0.1, 0.15) is 41.7 Å². The minimum atomic E-state index is -0.562. The second-order valence-electron chi connectivity index (χ2n) is 7.86. The Labute approximate surface area is 170 Å². The molecule has 0 N–H and O–H groups in total. The highest BCUT2D eigenvalue weighted by Gasteiger charge is 2.34. The van der Waals surface area contributed by atoms with E-state index in [-0.39, 0.29) is 0 Å². The molecular formula is C27H24Si. The molecular weight excluding hydrogens is 352 g/mol. The molecule has 0 amide bonds. The molecule has 0 aliphatic heterocycles. The van der Waals surface area contributed by atoms with Crippen LogP contribution in [0.4, 0.5) is 0 Å². The average molecular weight is 377 g/mol. The molecule has 3 aromatic rings. The summed E-state index contributed by atoms with van der Waals surface area (Å²) < 4.78 is 0. The van der Waals surface area contributed by atoms with Crippen LogP contribution in [-0.2, 0) is 6.42 Å². The van der Waals surface area contributed by atoms with Gasteiger partial charge in [-0.2, -0.15) is 0 Å². The van der Waals surface area contributed by atoms with Crippen molar-refractivity contribution in [1.29, 1.82) is 0 Å². The molecule has 0 bridgehead atoms. The van der Waals surface area contributed by atoms with Crippen molar-refractivity contribution in [3.8, 4) is 0 Å². The smallest absolute Gasteiger partial charge is 0.0574 e. The quantitative estimate of drug-likeness (QED) is 0.508. The van der Waals surface area contributed by atoms with Gasteiger partial charge in [0.2, 0.25) is 0 Å². The zero-order valence-corrected chi connectivity index (χ0v) is 17.9. The van der Waals surface area contributed by atoms with Crippen LogP contribution in [-0.4, -0.2) is 9.52 Å². The molecule has 1 heteroatoms. The number of benzene rings is 3. The van der Waals surface area contributed by atoms with Gasteiger partial charge in [0.05, 0.1) is 9.52 Å². The van der Waals surface area contributed by atoms with E-state index in [2.05, 4.69) is 98.8 Å². The van der Waals surface area contributed by atoms with Gasteiger partial charge in [0.25, 0.3) is 0 Å². The molecule has 0 aromatic heterocycles. The molecule has 0 atom stereocenters. The fourth-order valence-corrected chi connectivity index (χ4v) is 6.92. The Bertz CT molecular complexity index is 1090. The second-order valence-corrected chi connectivity index (χ2v) is 9.63. The van der Waals surface area contributed by atoms with Gasteiger partial charge >= 0.3 is 0 Å². The first-order valence-electron chi connectivity index (χ1n) is 10.1. The summed E-state index contributed by atoms with van der Waals surface area (Å²) in [5.41, 5.74) is 14.9. The Hall–Kier alpha value is -2.64. The summed E-state index contributed by atoms with van der Waals surface area (Å²) in [6.45, 7) is 4.63. The van der Waals surface area contributed by atoms with Gasteiger partial charge in [-0.05, 0) is 53.7 Å². The Balaban J connectivity index is 1.52. The van der Waals surface area contributed by atoms with Gasteiger partial charge in [0, 0.05) is 11.1 Å². The number of rotatable bonds is 4. The third kappa shape index (κ3) is 2.91. The van der Waals surface area contributed by atoms with E-state index >= 15 is 0 Å². The molecule has 2 radical (unpaired) electrons. The van der Waals surface area contributed by atoms with E-state index in [0.717, 1.165) is 6.42 Å². The first kappa shape index (κ1) is 17.5. The van der Waals surface area contributed by atoms with Crippen molar-refractivity contribution in [2.45, 2.75) is 20.3 Å².